The van der Waals surface area contributed by atoms with Crippen molar-refractivity contribution < 1.29 is 19.4 Å². The fourth-order valence-corrected chi connectivity index (χ4v) is 3.71. The number of aliphatic hydroxyl groups is 1. The van der Waals surface area contributed by atoms with Gasteiger partial charge in [-0.3, -0.25) is 9.59 Å². The summed E-state index contributed by atoms with van der Waals surface area (Å²) in [6.45, 7) is 9.05. The van der Waals surface area contributed by atoms with Crippen LogP contribution in [0.15, 0.2) is 22.8 Å². The van der Waals surface area contributed by atoms with E-state index in [9.17, 15) is 14.7 Å². The van der Waals surface area contributed by atoms with Crippen molar-refractivity contribution in [1.82, 2.24) is 0 Å². The van der Waals surface area contributed by atoms with E-state index in [1.807, 2.05) is 27.7 Å². The molecule has 1 fully saturated rings. The minimum atomic E-state index is -0.844. The number of carbonyl (C=O) groups is 2. The SMILES string of the molecule is CC(=O)OC1CCC2=CC(=O)C(=C(C)C)C(O)C2(C)C1C. The van der Waals surface area contributed by atoms with Crippen molar-refractivity contribution in [2.45, 2.75) is 59.7 Å². The van der Waals surface area contributed by atoms with Crippen molar-refractivity contribution in [3.05, 3.63) is 22.8 Å². The Morgan fingerprint density at radius 2 is 2.00 bits per heavy atom. The Kier molecular flexibility index (Phi) is 4.11. The molecular formula is C17H24O4. The van der Waals surface area contributed by atoms with Crippen molar-refractivity contribution >= 4 is 11.8 Å². The van der Waals surface area contributed by atoms with Crippen LogP contribution >= 0.6 is 0 Å². The van der Waals surface area contributed by atoms with E-state index >= 15 is 0 Å². The number of ketones is 1. The quantitative estimate of drug-likeness (QED) is 0.596. The van der Waals surface area contributed by atoms with Gasteiger partial charge in [0.05, 0.1) is 6.10 Å². The third-order valence-corrected chi connectivity index (χ3v) is 5.16. The van der Waals surface area contributed by atoms with Crippen molar-refractivity contribution in [3.8, 4) is 0 Å². The van der Waals surface area contributed by atoms with Crippen LogP contribution in [-0.4, -0.2) is 29.1 Å². The lowest BCUT2D eigenvalue weighted by atomic mass is 9.56. The highest BCUT2D eigenvalue weighted by Gasteiger charge is 2.52. The lowest BCUT2D eigenvalue weighted by Crippen LogP contribution is -2.52. The zero-order chi connectivity index (χ0) is 15.9. The minimum absolute atomic E-state index is 0.0427. The lowest BCUT2D eigenvalue weighted by Gasteiger charge is -2.50. The largest absolute Gasteiger partial charge is 0.462 e. The molecule has 0 aromatic rings. The van der Waals surface area contributed by atoms with Crippen LogP contribution in [0.1, 0.15) is 47.5 Å². The molecule has 4 heteroatoms. The Hall–Kier alpha value is -1.42. The second kappa shape index (κ2) is 5.41. The molecule has 0 bridgehead atoms. The first-order valence-electron chi connectivity index (χ1n) is 7.47. The number of carbonyl (C=O) groups excluding carboxylic acids is 2. The third-order valence-electron chi connectivity index (χ3n) is 5.16. The molecule has 0 spiro atoms. The highest BCUT2D eigenvalue weighted by Crippen LogP contribution is 2.52. The molecular weight excluding hydrogens is 268 g/mol. The van der Waals surface area contributed by atoms with Gasteiger partial charge in [0, 0.05) is 23.8 Å². The van der Waals surface area contributed by atoms with E-state index in [-0.39, 0.29) is 23.8 Å². The van der Waals surface area contributed by atoms with Gasteiger partial charge < -0.3 is 9.84 Å². The molecule has 0 aromatic heterocycles. The number of aliphatic hydroxyl groups excluding tert-OH is 1. The maximum Gasteiger partial charge on any atom is 0.302 e. The van der Waals surface area contributed by atoms with E-state index in [4.69, 9.17) is 4.74 Å². The van der Waals surface area contributed by atoms with Gasteiger partial charge in [-0.1, -0.05) is 25.0 Å². The second-order valence-corrected chi connectivity index (χ2v) is 6.61. The summed E-state index contributed by atoms with van der Waals surface area (Å²) >= 11 is 0. The predicted octanol–water partition coefficient (Wildman–Crippen LogP) is 2.56. The number of fused-ring (bicyclic) bond motifs is 1. The molecule has 4 atom stereocenters. The van der Waals surface area contributed by atoms with E-state index in [1.165, 1.54) is 6.92 Å². The van der Waals surface area contributed by atoms with Crippen LogP contribution in [0.3, 0.4) is 0 Å². The summed E-state index contributed by atoms with van der Waals surface area (Å²) in [5.41, 5.74) is 1.74. The Balaban J connectivity index is 2.47. The first kappa shape index (κ1) is 16.0. The minimum Gasteiger partial charge on any atom is -0.462 e. The first-order valence-corrected chi connectivity index (χ1v) is 7.47. The van der Waals surface area contributed by atoms with Gasteiger partial charge in [-0.05, 0) is 32.8 Å². The average Bonchev–Trinajstić information content (AvgIpc) is 2.36. The summed E-state index contributed by atoms with van der Waals surface area (Å²) < 4.78 is 5.41. The van der Waals surface area contributed by atoms with Crippen molar-refractivity contribution in [1.29, 1.82) is 0 Å². The van der Waals surface area contributed by atoms with Crippen LogP contribution < -0.4 is 0 Å². The molecule has 2 aliphatic carbocycles. The van der Waals surface area contributed by atoms with Gasteiger partial charge >= 0.3 is 5.97 Å². The van der Waals surface area contributed by atoms with E-state index in [2.05, 4.69) is 0 Å². The summed E-state index contributed by atoms with van der Waals surface area (Å²) in [5.74, 6) is -0.432. The zero-order valence-corrected chi connectivity index (χ0v) is 13.4. The standard InChI is InChI=1S/C17H24O4/c1-9(2)15-13(19)8-12-6-7-14(21-11(4)18)10(3)17(12,5)16(15)20/h8,10,14,16,20H,6-7H2,1-5H3. The molecule has 0 amide bonds. The summed E-state index contributed by atoms with van der Waals surface area (Å²) in [6.07, 6.45) is 1.99. The Labute approximate surface area is 125 Å². The van der Waals surface area contributed by atoms with Crippen LogP contribution in [0.5, 0.6) is 0 Å². The summed E-state index contributed by atoms with van der Waals surface area (Å²) in [5, 5.41) is 10.8. The topological polar surface area (TPSA) is 63.6 Å². The summed E-state index contributed by atoms with van der Waals surface area (Å²) in [7, 11) is 0. The summed E-state index contributed by atoms with van der Waals surface area (Å²) in [4.78, 5) is 23.5. The zero-order valence-electron chi connectivity index (χ0n) is 13.4. The number of allylic oxidation sites excluding steroid dienone is 2. The van der Waals surface area contributed by atoms with Gasteiger partial charge in [-0.2, -0.15) is 0 Å². The molecule has 0 heterocycles. The van der Waals surface area contributed by atoms with Crippen molar-refractivity contribution in [2.75, 3.05) is 0 Å². The highest BCUT2D eigenvalue weighted by molar-refractivity contribution is 6.07. The Bertz CT molecular complexity index is 539. The lowest BCUT2D eigenvalue weighted by molar-refractivity contribution is -0.155. The fourth-order valence-electron chi connectivity index (χ4n) is 3.71. The Morgan fingerprint density at radius 3 is 2.52 bits per heavy atom. The molecule has 116 valence electrons. The molecule has 2 aliphatic rings. The van der Waals surface area contributed by atoms with Gasteiger partial charge in [0.15, 0.2) is 5.78 Å². The number of esters is 1. The van der Waals surface area contributed by atoms with Gasteiger partial charge in [0.25, 0.3) is 0 Å². The van der Waals surface area contributed by atoms with Crippen molar-refractivity contribution in [3.63, 3.8) is 0 Å². The van der Waals surface area contributed by atoms with E-state index in [0.29, 0.717) is 18.4 Å². The maximum atomic E-state index is 12.2. The van der Waals surface area contributed by atoms with Crippen molar-refractivity contribution in [2.24, 2.45) is 11.3 Å². The molecule has 1 N–H and O–H groups in total. The molecule has 21 heavy (non-hydrogen) atoms. The fraction of sp³-hybridized carbons (Fsp3) is 0.647. The molecule has 4 nitrogen and oxygen atoms in total. The monoisotopic (exact) mass is 292 g/mol. The average molecular weight is 292 g/mol. The van der Waals surface area contributed by atoms with Crippen LogP contribution in [-0.2, 0) is 14.3 Å². The number of hydrogen-bond acceptors (Lipinski definition) is 4. The smallest absolute Gasteiger partial charge is 0.302 e. The molecule has 4 unspecified atom stereocenters. The second-order valence-electron chi connectivity index (χ2n) is 6.61. The van der Waals surface area contributed by atoms with Crippen LogP contribution in [0.2, 0.25) is 0 Å². The van der Waals surface area contributed by atoms with Gasteiger partial charge in [-0.25, -0.2) is 0 Å². The van der Waals surface area contributed by atoms with Gasteiger partial charge in [0.2, 0.25) is 0 Å². The highest BCUT2D eigenvalue weighted by atomic mass is 16.5. The number of ether oxygens (including phenoxy) is 1. The Morgan fingerprint density at radius 1 is 1.38 bits per heavy atom. The molecule has 0 aliphatic heterocycles. The summed E-state index contributed by atoms with van der Waals surface area (Å²) in [6, 6.07) is 0. The van der Waals surface area contributed by atoms with E-state index in [0.717, 1.165) is 11.1 Å². The first-order chi connectivity index (χ1) is 9.69. The van der Waals surface area contributed by atoms with Gasteiger partial charge in [-0.15, -0.1) is 0 Å². The normalized spacial score (nSPS) is 35.9. The van der Waals surface area contributed by atoms with Crippen LogP contribution in [0.4, 0.5) is 0 Å². The third kappa shape index (κ3) is 2.46. The molecule has 0 saturated heterocycles. The number of rotatable bonds is 1. The van der Waals surface area contributed by atoms with E-state index < -0.39 is 11.5 Å². The predicted molar refractivity (Wildman–Crippen MR) is 79.5 cm³/mol. The molecule has 0 aromatic carbocycles. The molecule has 2 rings (SSSR count). The number of hydrogen-bond donors (Lipinski definition) is 1. The maximum absolute atomic E-state index is 12.2. The van der Waals surface area contributed by atoms with Crippen LogP contribution in [0, 0.1) is 11.3 Å². The van der Waals surface area contributed by atoms with Gasteiger partial charge in [0.1, 0.15) is 6.10 Å². The molecule has 0 radical (unpaired) electrons. The molecule has 1 saturated carbocycles. The van der Waals surface area contributed by atoms with E-state index in [1.54, 1.807) is 6.08 Å². The van der Waals surface area contributed by atoms with Crippen LogP contribution in [0.25, 0.3) is 0 Å².